The Kier molecular flexibility index (Phi) is 30.5. The Hall–Kier alpha value is -5.62. The Morgan fingerprint density at radius 1 is 0.776 bits per heavy atom. The summed E-state index contributed by atoms with van der Waals surface area (Å²) in [5, 5.41) is 50.8. The van der Waals surface area contributed by atoms with Crippen molar-refractivity contribution in [2.45, 2.75) is 96.1 Å². The molecule has 3 unspecified atom stereocenters. The average molecular weight is 967 g/mol. The van der Waals surface area contributed by atoms with E-state index in [1.807, 2.05) is 17.5 Å². The first-order valence-electron chi connectivity index (χ1n) is 22.3. The zero-order chi connectivity index (χ0) is 49.1. The van der Waals surface area contributed by atoms with Gasteiger partial charge in [-0.15, -0.1) is 11.3 Å². The summed E-state index contributed by atoms with van der Waals surface area (Å²) in [6, 6.07) is 3.46. The number of urea groups is 1. The van der Waals surface area contributed by atoms with Crippen molar-refractivity contribution in [3.63, 3.8) is 0 Å². The first-order valence-corrected chi connectivity index (χ1v) is 23.2. The molecule has 1 heterocycles. The predicted octanol–water partition coefficient (Wildman–Crippen LogP) is 4.98. The minimum atomic E-state index is -1.48. The molecule has 2 rings (SSSR count). The molecule has 4 amide bonds. The van der Waals surface area contributed by atoms with Gasteiger partial charge >= 0.3 is 23.9 Å². The summed E-state index contributed by atoms with van der Waals surface area (Å²) in [6.45, 7) is 8.64. The number of benzene rings is 1. The lowest BCUT2D eigenvalue weighted by Crippen LogP contribution is -2.51. The van der Waals surface area contributed by atoms with Crippen molar-refractivity contribution in [3.05, 3.63) is 29.6 Å². The standard InChI is InChI=1S/C44H67FN8O13S/c1-3-31(28-34(53-46-2)10-7-17-45)12-14-38(54)47-19-21-64-23-25-66-27-26-65-24-22-63-20-16-39(55)49-33-9-6-8-32(29-33)37-30-67-44(52-37)48-18-5-4-11-35(41(58)59)50-43(62)51-36(42(60)61)13-15-40(56)57/h6,8-9,29-31,35-36H,2-5,7,10-28H2,1H3,(H,47,54)(H,48,52)(H,49,55)(H,56,57)(H,58,59)(H,60,61)(H2,50,51,62)/b53-34+. The second-order valence-electron chi connectivity index (χ2n) is 15.1. The van der Waals surface area contributed by atoms with E-state index >= 15 is 0 Å². The number of aliphatic carboxylic acids is 3. The molecule has 0 aliphatic rings. The smallest absolute Gasteiger partial charge is 0.326 e. The van der Waals surface area contributed by atoms with Gasteiger partial charge in [0, 0.05) is 55.0 Å². The zero-order valence-electron chi connectivity index (χ0n) is 38.1. The van der Waals surface area contributed by atoms with Crippen LogP contribution in [0.15, 0.2) is 39.8 Å². The Morgan fingerprint density at radius 2 is 1.43 bits per heavy atom. The Bertz CT molecular complexity index is 1840. The second-order valence-corrected chi connectivity index (χ2v) is 15.9. The van der Waals surface area contributed by atoms with Crippen LogP contribution < -0.4 is 26.6 Å². The van der Waals surface area contributed by atoms with Gasteiger partial charge in [-0.25, -0.2) is 19.4 Å². The molecule has 0 spiro atoms. The Labute approximate surface area is 394 Å². The third-order valence-electron chi connectivity index (χ3n) is 9.85. The van der Waals surface area contributed by atoms with E-state index in [-0.39, 0.29) is 43.6 Å². The monoisotopic (exact) mass is 966 g/mol. The van der Waals surface area contributed by atoms with Gasteiger partial charge in [0.1, 0.15) is 12.1 Å². The normalized spacial score (nSPS) is 12.7. The summed E-state index contributed by atoms with van der Waals surface area (Å²) in [6.07, 6.45) is 3.93. The van der Waals surface area contributed by atoms with E-state index in [9.17, 15) is 43.4 Å². The van der Waals surface area contributed by atoms with Gasteiger partial charge in [0.15, 0.2) is 5.13 Å². The number of thiazole rings is 1. The van der Waals surface area contributed by atoms with Gasteiger partial charge in [-0.05, 0) is 69.4 Å². The molecule has 0 aliphatic carbocycles. The molecule has 2 aromatic rings. The molecular weight excluding hydrogens is 900 g/mol. The molecule has 23 heteroatoms. The number of carbonyl (C=O) groups excluding carboxylic acids is 3. The lowest BCUT2D eigenvalue weighted by atomic mass is 9.92. The summed E-state index contributed by atoms with van der Waals surface area (Å²) in [7, 11) is 0. The Morgan fingerprint density at radius 3 is 2.06 bits per heavy atom. The topological polar surface area (TPSA) is 298 Å². The third kappa shape index (κ3) is 27.6. The molecule has 0 aliphatic heterocycles. The van der Waals surface area contributed by atoms with Gasteiger partial charge in [0.05, 0.1) is 71.6 Å². The summed E-state index contributed by atoms with van der Waals surface area (Å²) in [5.41, 5.74) is 2.89. The molecule has 0 bridgehead atoms. The van der Waals surface area contributed by atoms with Crippen LogP contribution in [0.25, 0.3) is 11.3 Å². The molecule has 1 aromatic carbocycles. The molecule has 1 aromatic heterocycles. The van der Waals surface area contributed by atoms with Crippen molar-refractivity contribution in [3.8, 4) is 11.3 Å². The average Bonchev–Trinajstić information content (AvgIpc) is 3.78. The van der Waals surface area contributed by atoms with Gasteiger partial charge < -0.3 is 60.9 Å². The van der Waals surface area contributed by atoms with E-state index < -0.39 is 49.1 Å². The summed E-state index contributed by atoms with van der Waals surface area (Å²) in [4.78, 5) is 75.4. The maximum Gasteiger partial charge on any atom is 0.326 e. The minimum Gasteiger partial charge on any atom is -0.481 e. The van der Waals surface area contributed by atoms with E-state index in [4.69, 9.17) is 24.1 Å². The largest absolute Gasteiger partial charge is 0.481 e. The van der Waals surface area contributed by atoms with Crippen LogP contribution in [0.4, 0.5) is 20.0 Å². The van der Waals surface area contributed by atoms with Crippen LogP contribution in [0.5, 0.6) is 0 Å². The highest BCUT2D eigenvalue weighted by atomic mass is 32.1. The second kappa shape index (κ2) is 35.6. The molecule has 374 valence electrons. The fraction of sp³-hybridized carbons (Fsp3) is 0.614. The van der Waals surface area contributed by atoms with Crippen LogP contribution in [0.3, 0.4) is 0 Å². The zero-order valence-corrected chi connectivity index (χ0v) is 39.0. The van der Waals surface area contributed by atoms with Crippen LogP contribution >= 0.6 is 11.3 Å². The summed E-state index contributed by atoms with van der Waals surface area (Å²) in [5.74, 6) is -3.96. The quantitative estimate of drug-likeness (QED) is 0.0248. The highest BCUT2D eigenvalue weighted by Crippen LogP contribution is 2.27. The van der Waals surface area contributed by atoms with E-state index in [2.05, 4.69) is 55.4 Å². The van der Waals surface area contributed by atoms with Gasteiger partial charge in [0.25, 0.3) is 0 Å². The first-order chi connectivity index (χ1) is 32.3. The van der Waals surface area contributed by atoms with E-state index in [1.165, 1.54) is 11.3 Å². The highest BCUT2D eigenvalue weighted by molar-refractivity contribution is 7.14. The molecule has 3 atom stereocenters. The number of hydrogen-bond acceptors (Lipinski definition) is 15. The molecule has 21 nitrogen and oxygen atoms in total. The number of ether oxygens (including phenoxy) is 4. The van der Waals surface area contributed by atoms with E-state index in [0.717, 1.165) is 17.7 Å². The van der Waals surface area contributed by atoms with Crippen molar-refractivity contribution in [1.82, 2.24) is 20.9 Å². The number of nitrogens with zero attached hydrogens (tertiary/aromatic N) is 3. The van der Waals surface area contributed by atoms with Crippen LogP contribution in [-0.2, 0) is 42.9 Å². The molecule has 0 fully saturated rings. The summed E-state index contributed by atoms with van der Waals surface area (Å²) < 4.78 is 34.6. The SMILES string of the molecule is C=N/N=C(\CCCF)CC(CC)CCC(=O)NCCOCCOCCOCCOCCC(=O)Nc1cccc(-c2csc(NCCCCC(NC(=O)NC(CCC(=O)O)C(=O)O)C(=O)O)n2)c1. The third-order valence-corrected chi connectivity index (χ3v) is 10.6. The van der Waals surface area contributed by atoms with Gasteiger partial charge in [-0.2, -0.15) is 10.2 Å². The fourth-order valence-corrected chi connectivity index (χ4v) is 6.99. The van der Waals surface area contributed by atoms with Crippen LogP contribution in [-0.4, -0.2) is 153 Å². The number of carboxylic acids is 3. The number of nitrogens with one attached hydrogen (secondary N) is 5. The van der Waals surface area contributed by atoms with Crippen molar-refractivity contribution >= 4 is 70.3 Å². The predicted molar refractivity (Wildman–Crippen MR) is 251 cm³/mol. The van der Waals surface area contributed by atoms with Crippen molar-refractivity contribution in [2.75, 3.05) is 83.3 Å². The molecule has 67 heavy (non-hydrogen) atoms. The van der Waals surface area contributed by atoms with Crippen molar-refractivity contribution in [2.24, 2.45) is 16.1 Å². The molecular formula is C44H67FN8O13S. The van der Waals surface area contributed by atoms with E-state index in [0.29, 0.717) is 121 Å². The lowest BCUT2D eigenvalue weighted by molar-refractivity contribution is -0.141. The lowest BCUT2D eigenvalue weighted by Gasteiger charge is -2.18. The van der Waals surface area contributed by atoms with Crippen LogP contribution in [0.1, 0.15) is 84.0 Å². The van der Waals surface area contributed by atoms with Gasteiger partial charge in [0.2, 0.25) is 11.8 Å². The number of alkyl halides is 1. The Balaban J connectivity index is 1.52. The maximum atomic E-state index is 12.6. The molecule has 0 saturated heterocycles. The van der Waals surface area contributed by atoms with Crippen molar-refractivity contribution < 1.29 is 67.4 Å². The number of halogens is 1. The minimum absolute atomic E-state index is 0.0472. The van der Waals surface area contributed by atoms with Crippen molar-refractivity contribution in [1.29, 1.82) is 0 Å². The first kappa shape index (κ1) is 57.5. The van der Waals surface area contributed by atoms with E-state index in [1.54, 1.807) is 12.1 Å². The number of unbranched alkanes of at least 4 members (excludes halogenated alkanes) is 1. The number of amides is 4. The highest BCUT2D eigenvalue weighted by Gasteiger charge is 2.25. The number of rotatable bonds is 40. The number of aromatic nitrogens is 1. The number of carbonyl (C=O) groups is 6. The molecule has 0 saturated carbocycles. The molecule has 0 radical (unpaired) electrons. The maximum absolute atomic E-state index is 12.6. The van der Waals surface area contributed by atoms with Gasteiger partial charge in [-0.1, -0.05) is 25.5 Å². The molecule has 8 N–H and O–H groups in total. The summed E-state index contributed by atoms with van der Waals surface area (Å²) >= 11 is 1.37. The number of carboxylic acid groups (broad SMARTS) is 3. The number of anilines is 2. The fourth-order valence-electron chi connectivity index (χ4n) is 6.24. The van der Waals surface area contributed by atoms with Gasteiger partial charge in [-0.3, -0.25) is 18.8 Å². The number of hydrogen-bond donors (Lipinski definition) is 8. The van der Waals surface area contributed by atoms with Crippen LogP contribution in [0, 0.1) is 5.92 Å². The van der Waals surface area contributed by atoms with Crippen LogP contribution in [0.2, 0.25) is 0 Å².